The molecule has 22 heavy (non-hydrogen) atoms. The highest BCUT2D eigenvalue weighted by atomic mass is 79.9. The minimum absolute atomic E-state index is 0.0926. The molecule has 0 radical (unpaired) electrons. The summed E-state index contributed by atoms with van der Waals surface area (Å²) in [5, 5.41) is 0. The maximum atomic E-state index is 13.4. The standard InChI is InChI=1S/C15H10BrF2NO2S/c16-12-4-9-13(22-12)15(6-21-7-15)19(14(9)20)5-8-1-2-10(17)11(18)3-8/h1-4H,5-7H2. The van der Waals surface area contributed by atoms with Crippen LogP contribution in [0.5, 0.6) is 0 Å². The van der Waals surface area contributed by atoms with Crippen molar-refractivity contribution in [3.63, 3.8) is 0 Å². The summed E-state index contributed by atoms with van der Waals surface area (Å²) in [6.07, 6.45) is 0. The minimum atomic E-state index is -0.902. The van der Waals surface area contributed by atoms with Crippen molar-refractivity contribution < 1.29 is 18.3 Å². The average molecular weight is 386 g/mol. The maximum Gasteiger partial charge on any atom is 0.256 e. The van der Waals surface area contributed by atoms with Crippen LogP contribution in [0.25, 0.3) is 0 Å². The number of rotatable bonds is 2. The van der Waals surface area contributed by atoms with E-state index in [-0.39, 0.29) is 12.5 Å². The molecule has 1 amide bonds. The molecular weight excluding hydrogens is 376 g/mol. The van der Waals surface area contributed by atoms with Gasteiger partial charge < -0.3 is 9.64 Å². The number of hydrogen-bond acceptors (Lipinski definition) is 3. The number of carbonyl (C=O) groups excluding carboxylic acids is 1. The number of carbonyl (C=O) groups is 1. The Morgan fingerprint density at radius 3 is 2.68 bits per heavy atom. The second kappa shape index (κ2) is 4.84. The molecule has 7 heteroatoms. The molecule has 0 saturated carbocycles. The van der Waals surface area contributed by atoms with Crippen molar-refractivity contribution in [3.8, 4) is 0 Å². The van der Waals surface area contributed by atoms with Gasteiger partial charge in [-0.05, 0) is 39.7 Å². The van der Waals surface area contributed by atoms with Gasteiger partial charge in [-0.15, -0.1) is 11.3 Å². The Morgan fingerprint density at radius 2 is 2.05 bits per heavy atom. The summed E-state index contributed by atoms with van der Waals surface area (Å²) in [6.45, 7) is 1.10. The predicted octanol–water partition coefficient (Wildman–Crippen LogP) is 3.67. The Labute approximate surface area is 137 Å². The monoisotopic (exact) mass is 385 g/mol. The third-order valence-electron chi connectivity index (χ3n) is 4.12. The Morgan fingerprint density at radius 1 is 1.27 bits per heavy atom. The zero-order valence-electron chi connectivity index (χ0n) is 11.2. The summed E-state index contributed by atoms with van der Waals surface area (Å²) in [5.41, 5.74) is 0.768. The third kappa shape index (κ3) is 1.89. The summed E-state index contributed by atoms with van der Waals surface area (Å²) in [5.74, 6) is -1.88. The molecule has 1 spiro atoms. The van der Waals surface area contributed by atoms with E-state index in [0.717, 1.165) is 20.8 Å². The van der Waals surface area contributed by atoms with Crippen LogP contribution in [0.3, 0.4) is 0 Å². The molecule has 1 saturated heterocycles. The molecule has 1 aromatic heterocycles. The molecule has 0 bridgehead atoms. The van der Waals surface area contributed by atoms with Crippen molar-refractivity contribution in [2.75, 3.05) is 13.2 Å². The van der Waals surface area contributed by atoms with Gasteiger partial charge in [0, 0.05) is 11.4 Å². The van der Waals surface area contributed by atoms with E-state index >= 15 is 0 Å². The largest absolute Gasteiger partial charge is 0.376 e. The molecule has 1 aromatic carbocycles. The molecule has 1 fully saturated rings. The van der Waals surface area contributed by atoms with Crippen molar-refractivity contribution in [1.29, 1.82) is 0 Å². The first-order chi connectivity index (χ1) is 10.5. The molecule has 3 nitrogen and oxygen atoms in total. The highest BCUT2D eigenvalue weighted by Gasteiger charge is 2.56. The molecular formula is C15H10BrF2NO2S. The van der Waals surface area contributed by atoms with Crippen molar-refractivity contribution in [1.82, 2.24) is 4.90 Å². The van der Waals surface area contributed by atoms with Gasteiger partial charge in [0.25, 0.3) is 5.91 Å². The van der Waals surface area contributed by atoms with Crippen LogP contribution in [0.1, 0.15) is 20.8 Å². The van der Waals surface area contributed by atoms with E-state index in [1.54, 1.807) is 4.90 Å². The molecule has 0 aliphatic carbocycles. The van der Waals surface area contributed by atoms with Crippen LogP contribution in [0, 0.1) is 11.6 Å². The van der Waals surface area contributed by atoms with E-state index in [1.807, 2.05) is 6.07 Å². The molecule has 114 valence electrons. The maximum absolute atomic E-state index is 13.4. The van der Waals surface area contributed by atoms with Crippen LogP contribution in [0.4, 0.5) is 8.78 Å². The number of thiophene rings is 1. The van der Waals surface area contributed by atoms with Crippen LogP contribution < -0.4 is 0 Å². The Kier molecular flexibility index (Phi) is 3.15. The lowest BCUT2D eigenvalue weighted by molar-refractivity contribution is -0.126. The first-order valence-electron chi connectivity index (χ1n) is 6.65. The van der Waals surface area contributed by atoms with Gasteiger partial charge in [-0.2, -0.15) is 0 Å². The number of nitrogens with zero attached hydrogens (tertiary/aromatic N) is 1. The predicted molar refractivity (Wildman–Crippen MR) is 80.7 cm³/mol. The van der Waals surface area contributed by atoms with Gasteiger partial charge in [0.2, 0.25) is 0 Å². The quantitative estimate of drug-likeness (QED) is 0.789. The SMILES string of the molecule is O=C1c2cc(Br)sc2C2(COC2)N1Cc1ccc(F)c(F)c1. The zero-order valence-corrected chi connectivity index (χ0v) is 13.6. The van der Waals surface area contributed by atoms with Gasteiger partial charge in [0.15, 0.2) is 11.6 Å². The highest BCUT2D eigenvalue weighted by molar-refractivity contribution is 9.11. The van der Waals surface area contributed by atoms with E-state index in [1.165, 1.54) is 17.4 Å². The van der Waals surface area contributed by atoms with E-state index in [2.05, 4.69) is 15.9 Å². The summed E-state index contributed by atoms with van der Waals surface area (Å²) in [7, 11) is 0. The number of halogens is 3. The van der Waals surface area contributed by atoms with Crippen LogP contribution in [0.15, 0.2) is 28.1 Å². The van der Waals surface area contributed by atoms with Crippen LogP contribution >= 0.6 is 27.3 Å². The van der Waals surface area contributed by atoms with Crippen LogP contribution in [0.2, 0.25) is 0 Å². The van der Waals surface area contributed by atoms with Crippen LogP contribution in [-0.2, 0) is 16.8 Å². The molecule has 2 aromatic rings. The van der Waals surface area contributed by atoms with E-state index in [9.17, 15) is 13.6 Å². The number of ether oxygens (including phenoxy) is 1. The summed E-state index contributed by atoms with van der Waals surface area (Å²) in [4.78, 5) is 15.4. The summed E-state index contributed by atoms with van der Waals surface area (Å²) < 4.78 is 32.7. The van der Waals surface area contributed by atoms with Crippen molar-refractivity contribution in [2.24, 2.45) is 0 Å². The third-order valence-corrected chi connectivity index (χ3v) is 5.95. The van der Waals surface area contributed by atoms with E-state index in [0.29, 0.717) is 24.3 Å². The Bertz CT molecular complexity index is 788. The smallest absolute Gasteiger partial charge is 0.256 e. The summed E-state index contributed by atoms with van der Waals surface area (Å²) in [6, 6.07) is 5.54. The van der Waals surface area contributed by atoms with E-state index in [4.69, 9.17) is 4.74 Å². The summed E-state index contributed by atoms with van der Waals surface area (Å²) >= 11 is 4.93. The average Bonchev–Trinajstić information content (AvgIpc) is 2.90. The van der Waals surface area contributed by atoms with Gasteiger partial charge in [0.1, 0.15) is 5.54 Å². The van der Waals surface area contributed by atoms with E-state index < -0.39 is 17.2 Å². The van der Waals surface area contributed by atoms with Gasteiger partial charge in [0.05, 0.1) is 22.6 Å². The molecule has 2 aliphatic heterocycles. The highest BCUT2D eigenvalue weighted by Crippen LogP contribution is 2.49. The topological polar surface area (TPSA) is 29.5 Å². The first-order valence-corrected chi connectivity index (χ1v) is 8.26. The Hall–Kier alpha value is -1.31. The number of fused-ring (bicyclic) bond motifs is 2. The van der Waals surface area contributed by atoms with Gasteiger partial charge in [-0.1, -0.05) is 6.07 Å². The lowest BCUT2D eigenvalue weighted by Crippen LogP contribution is -2.56. The molecule has 0 unspecified atom stereocenters. The first kappa shape index (κ1) is 14.3. The lowest BCUT2D eigenvalue weighted by atomic mass is 9.95. The van der Waals surface area contributed by atoms with Crippen molar-refractivity contribution >= 4 is 33.2 Å². The fourth-order valence-corrected chi connectivity index (χ4v) is 4.71. The second-order valence-electron chi connectivity index (χ2n) is 5.46. The Balaban J connectivity index is 1.71. The van der Waals surface area contributed by atoms with Crippen LogP contribution in [-0.4, -0.2) is 24.0 Å². The molecule has 2 aliphatic rings. The number of amides is 1. The van der Waals surface area contributed by atoms with Gasteiger partial charge in [-0.25, -0.2) is 8.78 Å². The van der Waals surface area contributed by atoms with Gasteiger partial charge >= 0.3 is 0 Å². The molecule has 4 rings (SSSR count). The normalized spacial score (nSPS) is 18.7. The molecule has 0 atom stereocenters. The van der Waals surface area contributed by atoms with Crippen molar-refractivity contribution in [2.45, 2.75) is 12.1 Å². The number of benzene rings is 1. The fraction of sp³-hybridized carbons (Fsp3) is 0.267. The minimum Gasteiger partial charge on any atom is -0.376 e. The number of hydrogen-bond donors (Lipinski definition) is 0. The zero-order chi connectivity index (χ0) is 15.5. The van der Waals surface area contributed by atoms with Crippen molar-refractivity contribution in [3.05, 3.63) is 55.7 Å². The second-order valence-corrected chi connectivity index (χ2v) is 7.89. The van der Waals surface area contributed by atoms with Gasteiger partial charge in [-0.3, -0.25) is 4.79 Å². The lowest BCUT2D eigenvalue weighted by Gasteiger charge is -2.45. The molecule has 3 heterocycles. The molecule has 0 N–H and O–H groups in total. The fourth-order valence-electron chi connectivity index (χ4n) is 2.95.